The number of fused-ring (bicyclic) bond motifs is 1. The van der Waals surface area contributed by atoms with E-state index in [2.05, 4.69) is 22.1 Å². The molecule has 0 unspecified atom stereocenters. The lowest BCUT2D eigenvalue weighted by Crippen LogP contribution is -2.49. The predicted molar refractivity (Wildman–Crippen MR) is 102 cm³/mol. The van der Waals surface area contributed by atoms with E-state index >= 15 is 0 Å². The maximum absolute atomic E-state index is 5.63. The highest BCUT2D eigenvalue weighted by molar-refractivity contribution is 5.61. The van der Waals surface area contributed by atoms with Crippen LogP contribution >= 0.6 is 0 Å². The molecule has 4 fully saturated rings. The van der Waals surface area contributed by atoms with E-state index in [4.69, 9.17) is 9.84 Å². The highest BCUT2D eigenvalue weighted by atomic mass is 16.5. The largest absolute Gasteiger partial charge is 0.494 e. The first kappa shape index (κ1) is 15.1. The summed E-state index contributed by atoms with van der Waals surface area (Å²) >= 11 is 0. The molecule has 4 aliphatic carbocycles. The molecule has 0 radical (unpaired) electrons. The van der Waals surface area contributed by atoms with Gasteiger partial charge < -0.3 is 10.1 Å². The fraction of sp³-hybridized carbons (Fsp3) is 0.591. The molecule has 1 aliphatic heterocycles. The van der Waals surface area contributed by atoms with E-state index in [1.165, 1.54) is 55.6 Å². The summed E-state index contributed by atoms with van der Waals surface area (Å²) in [6.45, 7) is 1.03. The van der Waals surface area contributed by atoms with Gasteiger partial charge in [-0.3, -0.25) is 0 Å². The molecule has 4 saturated carbocycles. The fourth-order valence-corrected chi connectivity index (χ4v) is 6.98. The number of hydrogen-bond acceptors (Lipinski definition) is 3. The number of ether oxygens (including phenoxy) is 1. The minimum Gasteiger partial charge on any atom is -0.494 e. The minimum absolute atomic E-state index is 0.345. The van der Waals surface area contributed by atoms with Crippen molar-refractivity contribution in [2.24, 2.45) is 17.8 Å². The molecule has 0 atom stereocenters. The topological polar surface area (TPSA) is 39.1 Å². The fourth-order valence-electron chi connectivity index (χ4n) is 6.98. The van der Waals surface area contributed by atoms with Crippen LogP contribution in [0, 0.1) is 17.8 Å². The lowest BCUT2D eigenvalue weighted by Gasteiger charge is -2.56. The summed E-state index contributed by atoms with van der Waals surface area (Å²) in [7, 11) is 1.75. The molecule has 26 heavy (non-hydrogen) atoms. The molecule has 2 heterocycles. The van der Waals surface area contributed by atoms with Gasteiger partial charge in [-0.25, -0.2) is 4.68 Å². The average Bonchev–Trinajstić information content (AvgIpc) is 3.23. The van der Waals surface area contributed by atoms with Crippen LogP contribution in [0.2, 0.25) is 0 Å². The second-order valence-electron chi connectivity index (χ2n) is 9.13. The van der Waals surface area contributed by atoms with Crippen LogP contribution in [0.5, 0.6) is 5.75 Å². The standard InChI is InChI=1S/C22H27N3O/c1-26-19-5-3-2-4-18(19)25-21-17(6-7-23-21)20(24-25)22-11-14-8-15(12-22)10-16(9-14)13-22/h2-5,14-16,23H,6-13H2,1H3. The zero-order valence-electron chi connectivity index (χ0n) is 15.5. The molecule has 7 rings (SSSR count). The van der Waals surface area contributed by atoms with E-state index in [0.29, 0.717) is 5.41 Å². The van der Waals surface area contributed by atoms with Gasteiger partial charge in [-0.15, -0.1) is 0 Å². The van der Waals surface area contributed by atoms with Gasteiger partial charge in [-0.05, 0) is 74.8 Å². The maximum Gasteiger partial charge on any atom is 0.144 e. The Morgan fingerprint density at radius 2 is 1.77 bits per heavy atom. The average molecular weight is 349 g/mol. The van der Waals surface area contributed by atoms with Gasteiger partial charge in [-0.2, -0.15) is 5.10 Å². The van der Waals surface area contributed by atoms with E-state index in [1.807, 2.05) is 12.1 Å². The van der Waals surface area contributed by atoms with Gasteiger partial charge in [0.1, 0.15) is 17.3 Å². The van der Waals surface area contributed by atoms with Crippen LogP contribution in [-0.2, 0) is 11.8 Å². The van der Waals surface area contributed by atoms with Crippen molar-refractivity contribution in [2.75, 3.05) is 19.0 Å². The van der Waals surface area contributed by atoms with Gasteiger partial charge in [0.25, 0.3) is 0 Å². The second kappa shape index (κ2) is 5.28. The Labute approximate surface area is 154 Å². The van der Waals surface area contributed by atoms with Crippen LogP contribution in [0.15, 0.2) is 24.3 Å². The van der Waals surface area contributed by atoms with Crippen LogP contribution in [0.25, 0.3) is 5.69 Å². The molecule has 1 aromatic heterocycles. The molecule has 2 aromatic rings. The predicted octanol–water partition coefficient (Wildman–Crippen LogP) is 4.32. The number of nitrogens with one attached hydrogen (secondary N) is 1. The Kier molecular flexibility index (Phi) is 3.07. The number of rotatable bonds is 3. The monoisotopic (exact) mass is 349 g/mol. The van der Waals surface area contributed by atoms with Gasteiger partial charge in [0.15, 0.2) is 0 Å². The third-order valence-corrected chi connectivity index (χ3v) is 7.50. The SMILES string of the molecule is COc1ccccc1-n1nc(C23CC4CC(CC(C4)C2)C3)c2c1NCC2. The second-order valence-corrected chi connectivity index (χ2v) is 9.13. The molecule has 5 aliphatic rings. The first-order chi connectivity index (χ1) is 12.8. The summed E-state index contributed by atoms with van der Waals surface area (Å²) in [6.07, 6.45) is 9.66. The van der Waals surface area contributed by atoms with Crippen LogP contribution in [0.4, 0.5) is 5.82 Å². The van der Waals surface area contributed by atoms with Crippen molar-refractivity contribution in [3.05, 3.63) is 35.5 Å². The Morgan fingerprint density at radius 1 is 1.08 bits per heavy atom. The van der Waals surface area contributed by atoms with Crippen molar-refractivity contribution in [2.45, 2.75) is 50.4 Å². The minimum atomic E-state index is 0.345. The molecule has 1 N–H and O–H groups in total. The van der Waals surface area contributed by atoms with E-state index in [1.54, 1.807) is 7.11 Å². The molecule has 0 saturated heterocycles. The number of aromatic nitrogens is 2. The lowest BCUT2D eigenvalue weighted by atomic mass is 9.48. The summed E-state index contributed by atoms with van der Waals surface area (Å²) in [5.41, 5.74) is 4.30. The highest BCUT2D eigenvalue weighted by Gasteiger charge is 2.54. The van der Waals surface area contributed by atoms with Crippen molar-refractivity contribution in [1.82, 2.24) is 9.78 Å². The molecule has 4 nitrogen and oxygen atoms in total. The number of para-hydroxylation sites is 2. The maximum atomic E-state index is 5.63. The van der Waals surface area contributed by atoms with Crippen LogP contribution < -0.4 is 10.1 Å². The molecule has 4 heteroatoms. The van der Waals surface area contributed by atoms with Gasteiger partial charge in [0.05, 0.1) is 12.8 Å². The van der Waals surface area contributed by atoms with Crippen LogP contribution in [0.3, 0.4) is 0 Å². The molecule has 0 amide bonds. The van der Waals surface area contributed by atoms with Crippen molar-refractivity contribution in [1.29, 1.82) is 0 Å². The van der Waals surface area contributed by atoms with Gasteiger partial charge in [0, 0.05) is 17.5 Å². The highest BCUT2D eigenvalue weighted by Crippen LogP contribution is 2.61. The van der Waals surface area contributed by atoms with Crippen molar-refractivity contribution >= 4 is 5.82 Å². The molecule has 0 spiro atoms. The Bertz CT molecular complexity index is 833. The van der Waals surface area contributed by atoms with Gasteiger partial charge >= 0.3 is 0 Å². The van der Waals surface area contributed by atoms with Gasteiger partial charge in [0.2, 0.25) is 0 Å². The number of benzene rings is 1. The van der Waals surface area contributed by atoms with E-state index in [-0.39, 0.29) is 0 Å². The molecule has 136 valence electrons. The van der Waals surface area contributed by atoms with Crippen molar-refractivity contribution in [3.8, 4) is 11.4 Å². The van der Waals surface area contributed by atoms with E-state index < -0.39 is 0 Å². The normalized spacial score (nSPS) is 34.0. The number of methoxy groups -OCH3 is 1. The van der Waals surface area contributed by atoms with Crippen molar-refractivity contribution in [3.63, 3.8) is 0 Å². The molecule has 1 aromatic carbocycles. The van der Waals surface area contributed by atoms with Crippen LogP contribution in [-0.4, -0.2) is 23.4 Å². The zero-order chi connectivity index (χ0) is 17.3. The lowest BCUT2D eigenvalue weighted by molar-refractivity contribution is -0.00770. The number of nitrogens with zero attached hydrogens (tertiary/aromatic N) is 2. The van der Waals surface area contributed by atoms with Crippen molar-refractivity contribution < 1.29 is 4.74 Å². The Balaban J connectivity index is 1.51. The quantitative estimate of drug-likeness (QED) is 0.897. The summed E-state index contributed by atoms with van der Waals surface area (Å²) in [5.74, 6) is 4.94. The Morgan fingerprint density at radius 3 is 2.46 bits per heavy atom. The summed E-state index contributed by atoms with van der Waals surface area (Å²) in [5, 5.41) is 8.89. The summed E-state index contributed by atoms with van der Waals surface area (Å²) < 4.78 is 7.76. The summed E-state index contributed by atoms with van der Waals surface area (Å²) in [4.78, 5) is 0. The first-order valence-corrected chi connectivity index (χ1v) is 10.3. The van der Waals surface area contributed by atoms with Gasteiger partial charge in [-0.1, -0.05) is 12.1 Å². The smallest absolute Gasteiger partial charge is 0.144 e. The third kappa shape index (κ3) is 1.99. The van der Waals surface area contributed by atoms with E-state index in [9.17, 15) is 0 Å². The number of anilines is 1. The number of hydrogen-bond donors (Lipinski definition) is 1. The Hall–Kier alpha value is -1.97. The zero-order valence-corrected chi connectivity index (χ0v) is 15.5. The van der Waals surface area contributed by atoms with E-state index in [0.717, 1.165) is 42.2 Å². The molecular weight excluding hydrogens is 322 g/mol. The first-order valence-electron chi connectivity index (χ1n) is 10.3. The molecule has 4 bridgehead atoms. The molecular formula is C22H27N3O. The third-order valence-electron chi connectivity index (χ3n) is 7.50. The van der Waals surface area contributed by atoms with Crippen LogP contribution in [0.1, 0.15) is 49.8 Å². The summed E-state index contributed by atoms with van der Waals surface area (Å²) in [6, 6.07) is 8.25.